The Hall–Kier alpha value is -2.73. The molecule has 0 aliphatic rings. The minimum atomic E-state index is -0.0550. The van der Waals surface area contributed by atoms with E-state index in [-0.39, 0.29) is 6.61 Å². The molecule has 0 spiro atoms. The van der Waals surface area contributed by atoms with E-state index in [9.17, 15) is 0 Å². The van der Waals surface area contributed by atoms with Crippen molar-refractivity contribution in [2.45, 2.75) is 6.61 Å². The lowest BCUT2D eigenvalue weighted by molar-refractivity contribution is 0.280. The van der Waals surface area contributed by atoms with E-state index in [1.807, 2.05) is 6.07 Å². The average Bonchev–Trinajstić information content (AvgIpc) is 2.89. The lowest BCUT2D eigenvalue weighted by atomic mass is 10.2. The van der Waals surface area contributed by atoms with Gasteiger partial charge in [-0.15, -0.1) is 0 Å². The van der Waals surface area contributed by atoms with Gasteiger partial charge in [0.1, 0.15) is 0 Å². The van der Waals surface area contributed by atoms with Crippen LogP contribution in [0.4, 0.5) is 5.69 Å². The van der Waals surface area contributed by atoms with Gasteiger partial charge in [-0.25, -0.2) is 0 Å². The topological polar surface area (TPSA) is 93.4 Å². The monoisotopic (exact) mass is 285 g/mol. The van der Waals surface area contributed by atoms with E-state index < -0.39 is 0 Å². The van der Waals surface area contributed by atoms with E-state index in [1.165, 1.54) is 0 Å². The maximum absolute atomic E-state index is 9.13. The lowest BCUT2D eigenvalue weighted by Crippen LogP contribution is -1.93. The summed E-state index contributed by atoms with van der Waals surface area (Å²) >= 11 is 0. The number of aromatic nitrogens is 2. The number of ether oxygens (including phenoxy) is 2. The molecule has 108 valence electrons. The van der Waals surface area contributed by atoms with Crippen LogP contribution in [0, 0.1) is 0 Å². The number of nitrogens with zero attached hydrogens (tertiary/aromatic N) is 1. The van der Waals surface area contributed by atoms with E-state index in [1.54, 1.807) is 37.4 Å². The number of H-pyrrole nitrogens is 1. The molecule has 4 N–H and O–H groups in total. The molecular formula is C15H15N3O3. The third-order valence-corrected chi connectivity index (χ3v) is 3.10. The molecule has 0 saturated carbocycles. The van der Waals surface area contributed by atoms with Gasteiger partial charge in [0.25, 0.3) is 6.01 Å². The largest absolute Gasteiger partial charge is 0.493 e. The molecule has 0 radical (unpaired) electrons. The summed E-state index contributed by atoms with van der Waals surface area (Å²) in [5.74, 6) is 1.04. The second-order valence-electron chi connectivity index (χ2n) is 4.56. The van der Waals surface area contributed by atoms with E-state index in [0.29, 0.717) is 23.2 Å². The second-order valence-corrected chi connectivity index (χ2v) is 4.56. The molecule has 0 atom stereocenters. The van der Waals surface area contributed by atoms with Crippen molar-refractivity contribution in [2.24, 2.45) is 0 Å². The number of nitrogen functional groups attached to an aromatic ring is 1. The maximum Gasteiger partial charge on any atom is 0.300 e. The van der Waals surface area contributed by atoms with Crippen molar-refractivity contribution in [2.75, 3.05) is 12.8 Å². The molecule has 0 bridgehead atoms. The number of anilines is 1. The second kappa shape index (κ2) is 5.34. The van der Waals surface area contributed by atoms with Gasteiger partial charge in [-0.05, 0) is 35.9 Å². The Labute approximate surface area is 121 Å². The summed E-state index contributed by atoms with van der Waals surface area (Å²) in [5, 5.41) is 9.13. The summed E-state index contributed by atoms with van der Waals surface area (Å²) < 4.78 is 11.0. The first-order chi connectivity index (χ1) is 10.2. The van der Waals surface area contributed by atoms with Crippen LogP contribution in [-0.2, 0) is 6.61 Å². The first kappa shape index (κ1) is 13.3. The van der Waals surface area contributed by atoms with Gasteiger partial charge in [0.2, 0.25) is 0 Å². The molecule has 1 heterocycles. The zero-order valence-corrected chi connectivity index (χ0v) is 11.5. The van der Waals surface area contributed by atoms with Crippen molar-refractivity contribution < 1.29 is 14.6 Å². The SMILES string of the molecule is COc1cc(CO)ccc1Oc1nc2ccc(N)cc2[nH]1. The minimum absolute atomic E-state index is 0.0550. The van der Waals surface area contributed by atoms with Crippen molar-refractivity contribution >= 4 is 16.7 Å². The van der Waals surface area contributed by atoms with Crippen LogP contribution in [0.3, 0.4) is 0 Å². The number of aromatic amines is 1. The molecule has 0 unspecified atom stereocenters. The first-order valence-electron chi connectivity index (χ1n) is 6.40. The van der Waals surface area contributed by atoms with Crippen LogP contribution < -0.4 is 15.2 Å². The number of nitrogens with one attached hydrogen (secondary N) is 1. The summed E-state index contributed by atoms with van der Waals surface area (Å²) in [4.78, 5) is 7.38. The van der Waals surface area contributed by atoms with E-state index >= 15 is 0 Å². The smallest absolute Gasteiger partial charge is 0.300 e. The number of benzene rings is 2. The average molecular weight is 285 g/mol. The molecule has 0 amide bonds. The highest BCUT2D eigenvalue weighted by molar-refractivity contribution is 5.79. The van der Waals surface area contributed by atoms with Gasteiger partial charge in [0, 0.05) is 5.69 Å². The maximum atomic E-state index is 9.13. The van der Waals surface area contributed by atoms with Gasteiger partial charge in [0.05, 0.1) is 24.8 Å². The van der Waals surface area contributed by atoms with Gasteiger partial charge >= 0.3 is 0 Å². The van der Waals surface area contributed by atoms with Crippen molar-refractivity contribution in [1.29, 1.82) is 0 Å². The molecule has 0 saturated heterocycles. The summed E-state index contributed by atoms with van der Waals surface area (Å²) in [6.45, 7) is -0.0550. The summed E-state index contributed by atoms with van der Waals surface area (Å²) in [6, 6.07) is 11.0. The van der Waals surface area contributed by atoms with Crippen molar-refractivity contribution in [3.05, 3.63) is 42.0 Å². The Morgan fingerprint density at radius 1 is 1.19 bits per heavy atom. The Morgan fingerprint density at radius 3 is 2.81 bits per heavy atom. The van der Waals surface area contributed by atoms with Crippen molar-refractivity contribution in [3.63, 3.8) is 0 Å². The number of aliphatic hydroxyl groups is 1. The van der Waals surface area contributed by atoms with Crippen LogP contribution in [0.5, 0.6) is 17.5 Å². The number of methoxy groups -OCH3 is 1. The normalized spacial score (nSPS) is 10.8. The molecule has 3 aromatic rings. The molecule has 1 aromatic heterocycles. The van der Waals surface area contributed by atoms with Gasteiger partial charge in [-0.2, -0.15) is 4.98 Å². The molecule has 0 aliphatic carbocycles. The van der Waals surface area contributed by atoms with Gasteiger partial charge in [0.15, 0.2) is 11.5 Å². The van der Waals surface area contributed by atoms with Crippen molar-refractivity contribution in [1.82, 2.24) is 9.97 Å². The number of nitrogens with two attached hydrogens (primary N) is 1. The highest BCUT2D eigenvalue weighted by atomic mass is 16.5. The fourth-order valence-corrected chi connectivity index (χ4v) is 2.05. The van der Waals surface area contributed by atoms with Crippen LogP contribution in [0.25, 0.3) is 11.0 Å². The zero-order chi connectivity index (χ0) is 14.8. The first-order valence-corrected chi connectivity index (χ1v) is 6.40. The third-order valence-electron chi connectivity index (χ3n) is 3.10. The highest BCUT2D eigenvalue weighted by Gasteiger charge is 2.10. The van der Waals surface area contributed by atoms with Crippen LogP contribution >= 0.6 is 0 Å². The predicted octanol–water partition coefficient (Wildman–Crippen LogP) is 2.44. The third kappa shape index (κ3) is 2.61. The highest BCUT2D eigenvalue weighted by Crippen LogP contribution is 2.32. The molecule has 6 heteroatoms. The number of fused-ring (bicyclic) bond motifs is 1. The van der Waals surface area contributed by atoms with Gasteiger partial charge in [-0.3, -0.25) is 0 Å². The van der Waals surface area contributed by atoms with Crippen LogP contribution in [0.15, 0.2) is 36.4 Å². The van der Waals surface area contributed by atoms with Gasteiger partial charge in [-0.1, -0.05) is 6.07 Å². The molecule has 0 fully saturated rings. The van der Waals surface area contributed by atoms with Crippen LogP contribution in [0.1, 0.15) is 5.56 Å². The van der Waals surface area contributed by atoms with Crippen LogP contribution in [0.2, 0.25) is 0 Å². The molecule has 6 nitrogen and oxygen atoms in total. The van der Waals surface area contributed by atoms with E-state index in [4.69, 9.17) is 20.3 Å². The summed E-state index contributed by atoms with van der Waals surface area (Å²) in [7, 11) is 1.54. The summed E-state index contributed by atoms with van der Waals surface area (Å²) in [6.07, 6.45) is 0. The fourth-order valence-electron chi connectivity index (χ4n) is 2.05. The molecule has 0 aliphatic heterocycles. The zero-order valence-electron chi connectivity index (χ0n) is 11.5. The Kier molecular flexibility index (Phi) is 3.37. The number of imidazole rings is 1. The molecular weight excluding hydrogens is 270 g/mol. The van der Waals surface area contributed by atoms with Crippen LogP contribution in [-0.4, -0.2) is 22.2 Å². The van der Waals surface area contributed by atoms with Gasteiger partial charge < -0.3 is 25.3 Å². The number of rotatable bonds is 4. The van der Waals surface area contributed by atoms with Crippen molar-refractivity contribution in [3.8, 4) is 17.5 Å². The Bertz CT molecular complexity index is 783. The quantitative estimate of drug-likeness (QED) is 0.640. The predicted molar refractivity (Wildman–Crippen MR) is 79.5 cm³/mol. The number of hydrogen-bond acceptors (Lipinski definition) is 5. The molecule has 21 heavy (non-hydrogen) atoms. The molecule has 2 aromatic carbocycles. The summed E-state index contributed by atoms with van der Waals surface area (Å²) in [5.41, 5.74) is 8.70. The Balaban J connectivity index is 1.94. The molecule has 3 rings (SSSR count). The standard InChI is InChI=1S/C15H15N3O3/c1-20-14-6-9(8-19)2-5-13(14)21-15-17-11-4-3-10(16)7-12(11)18-15/h2-7,19H,8,16H2,1H3,(H,17,18). The van der Waals surface area contributed by atoms with E-state index in [0.717, 1.165) is 16.6 Å². The minimum Gasteiger partial charge on any atom is -0.493 e. The van der Waals surface area contributed by atoms with E-state index in [2.05, 4.69) is 9.97 Å². The fraction of sp³-hybridized carbons (Fsp3) is 0.133. The Morgan fingerprint density at radius 2 is 2.05 bits per heavy atom. The number of hydrogen-bond donors (Lipinski definition) is 3. The number of aliphatic hydroxyl groups excluding tert-OH is 1. The lowest BCUT2D eigenvalue weighted by Gasteiger charge is -2.09.